The van der Waals surface area contributed by atoms with E-state index >= 15 is 0 Å². The highest BCUT2D eigenvalue weighted by molar-refractivity contribution is 7.98. The quantitative estimate of drug-likeness (QED) is 0.851. The van der Waals surface area contributed by atoms with Crippen LogP contribution in [0.15, 0.2) is 33.7 Å². The van der Waals surface area contributed by atoms with Crippen molar-refractivity contribution >= 4 is 23.4 Å². The zero-order valence-electron chi connectivity index (χ0n) is 11.9. The van der Waals surface area contributed by atoms with Crippen molar-refractivity contribution < 1.29 is 4.52 Å². The summed E-state index contributed by atoms with van der Waals surface area (Å²) in [5.74, 6) is 2.21. The molecule has 0 saturated carbocycles. The van der Waals surface area contributed by atoms with Gasteiger partial charge in [-0.1, -0.05) is 29.7 Å². The van der Waals surface area contributed by atoms with E-state index in [1.807, 2.05) is 24.3 Å². The molecule has 1 fully saturated rings. The summed E-state index contributed by atoms with van der Waals surface area (Å²) in [6.07, 6.45) is 2.08. The molecule has 1 saturated heterocycles. The van der Waals surface area contributed by atoms with Gasteiger partial charge in [0.25, 0.3) is 0 Å². The maximum Gasteiger partial charge on any atom is 0.234 e. The van der Waals surface area contributed by atoms with Crippen molar-refractivity contribution in [2.45, 2.75) is 35.8 Å². The largest absolute Gasteiger partial charge is 0.339 e. The molecule has 0 spiro atoms. The van der Waals surface area contributed by atoms with Gasteiger partial charge in [-0.05, 0) is 37.6 Å². The third kappa shape index (κ3) is 3.25. The number of hydrogen-bond acceptors (Lipinski definition) is 5. The number of rotatable bonds is 5. The summed E-state index contributed by atoms with van der Waals surface area (Å²) in [5.41, 5.74) is 0.0198. The molecule has 112 valence electrons. The van der Waals surface area contributed by atoms with E-state index in [0.29, 0.717) is 5.75 Å². The third-order valence-corrected chi connectivity index (χ3v) is 5.23. The first-order chi connectivity index (χ1) is 10.2. The van der Waals surface area contributed by atoms with E-state index in [0.717, 1.165) is 47.6 Å². The van der Waals surface area contributed by atoms with E-state index in [1.165, 1.54) is 0 Å². The molecule has 0 aliphatic carbocycles. The fourth-order valence-corrected chi connectivity index (χ4v) is 3.67. The lowest BCUT2D eigenvalue weighted by Gasteiger charge is -2.20. The number of nitrogens with one attached hydrogen (secondary N) is 1. The Morgan fingerprint density at radius 3 is 3.10 bits per heavy atom. The van der Waals surface area contributed by atoms with Gasteiger partial charge in [-0.3, -0.25) is 0 Å². The topological polar surface area (TPSA) is 51.0 Å². The predicted molar refractivity (Wildman–Crippen MR) is 84.8 cm³/mol. The lowest BCUT2D eigenvalue weighted by atomic mass is 9.84. The van der Waals surface area contributed by atoms with Gasteiger partial charge in [0.05, 0.1) is 11.2 Å². The highest BCUT2D eigenvalue weighted by Gasteiger charge is 2.39. The SMILES string of the molecule is CCC1(c2nc(CSc3cccc(Cl)c3)no2)CCNC1. The Balaban J connectivity index is 1.68. The first-order valence-corrected chi connectivity index (χ1v) is 8.50. The van der Waals surface area contributed by atoms with Crippen molar-refractivity contribution in [2.24, 2.45) is 0 Å². The summed E-state index contributed by atoms with van der Waals surface area (Å²) in [6, 6.07) is 7.80. The zero-order chi connectivity index (χ0) is 14.7. The number of nitrogens with zero attached hydrogens (tertiary/aromatic N) is 2. The summed E-state index contributed by atoms with van der Waals surface area (Å²) in [6.45, 7) is 4.12. The lowest BCUT2D eigenvalue weighted by molar-refractivity contribution is 0.284. The minimum absolute atomic E-state index is 0.0198. The predicted octanol–water partition coefficient (Wildman–Crippen LogP) is 3.66. The number of halogens is 1. The average molecular weight is 324 g/mol. The first-order valence-electron chi connectivity index (χ1n) is 7.14. The van der Waals surface area contributed by atoms with Crippen LogP contribution < -0.4 is 5.32 Å². The van der Waals surface area contributed by atoms with E-state index in [-0.39, 0.29) is 5.41 Å². The van der Waals surface area contributed by atoms with Crippen LogP contribution in [0.4, 0.5) is 0 Å². The lowest BCUT2D eigenvalue weighted by Crippen LogP contribution is -2.28. The second-order valence-corrected chi connectivity index (χ2v) is 6.81. The Hall–Kier alpha value is -1.04. The highest BCUT2D eigenvalue weighted by atomic mass is 35.5. The molecule has 3 rings (SSSR count). The Kier molecular flexibility index (Phi) is 4.52. The van der Waals surface area contributed by atoms with Crippen LogP contribution in [0.1, 0.15) is 31.5 Å². The standard InChI is InChI=1S/C15H18ClN3OS/c1-2-15(6-7-17-10-15)14-18-13(19-20-14)9-21-12-5-3-4-11(16)8-12/h3-5,8,17H,2,6-7,9-10H2,1H3. The molecule has 2 aromatic rings. The molecular formula is C15H18ClN3OS. The van der Waals surface area contributed by atoms with Crippen LogP contribution >= 0.6 is 23.4 Å². The third-order valence-electron chi connectivity index (χ3n) is 4.01. The molecule has 1 aromatic carbocycles. The average Bonchev–Trinajstić information content (AvgIpc) is 3.15. The summed E-state index contributed by atoms with van der Waals surface area (Å²) in [7, 11) is 0. The maximum absolute atomic E-state index is 5.98. The van der Waals surface area contributed by atoms with E-state index in [9.17, 15) is 0 Å². The van der Waals surface area contributed by atoms with Crippen LogP contribution in [0.25, 0.3) is 0 Å². The molecule has 1 unspecified atom stereocenters. The molecule has 1 aliphatic rings. The molecule has 1 aliphatic heterocycles. The van der Waals surface area contributed by atoms with Crippen molar-refractivity contribution in [2.75, 3.05) is 13.1 Å². The number of aromatic nitrogens is 2. The summed E-state index contributed by atoms with van der Waals surface area (Å²) in [4.78, 5) is 5.71. The zero-order valence-corrected chi connectivity index (χ0v) is 13.5. The maximum atomic E-state index is 5.98. The van der Waals surface area contributed by atoms with Crippen LogP contribution in [0.2, 0.25) is 5.02 Å². The first kappa shape index (κ1) is 14.9. The molecule has 21 heavy (non-hydrogen) atoms. The molecule has 1 aromatic heterocycles. The molecule has 1 N–H and O–H groups in total. The Morgan fingerprint density at radius 1 is 1.48 bits per heavy atom. The van der Waals surface area contributed by atoms with Crippen LogP contribution in [-0.2, 0) is 11.2 Å². The number of benzene rings is 1. The van der Waals surface area contributed by atoms with Gasteiger partial charge < -0.3 is 9.84 Å². The molecule has 6 heteroatoms. The van der Waals surface area contributed by atoms with Gasteiger partial charge >= 0.3 is 0 Å². The highest BCUT2D eigenvalue weighted by Crippen LogP contribution is 2.33. The van der Waals surface area contributed by atoms with Gasteiger partial charge in [0, 0.05) is 16.5 Å². The minimum atomic E-state index is 0.0198. The van der Waals surface area contributed by atoms with Gasteiger partial charge in [0.1, 0.15) is 0 Å². The van der Waals surface area contributed by atoms with Crippen LogP contribution in [0.5, 0.6) is 0 Å². The smallest absolute Gasteiger partial charge is 0.234 e. The normalized spacial score (nSPS) is 21.8. The van der Waals surface area contributed by atoms with Crippen molar-refractivity contribution in [1.29, 1.82) is 0 Å². The number of hydrogen-bond donors (Lipinski definition) is 1. The molecule has 1 atom stereocenters. The second-order valence-electron chi connectivity index (χ2n) is 5.32. The van der Waals surface area contributed by atoms with E-state index in [4.69, 9.17) is 16.1 Å². The van der Waals surface area contributed by atoms with Crippen molar-refractivity contribution in [3.63, 3.8) is 0 Å². The van der Waals surface area contributed by atoms with E-state index < -0.39 is 0 Å². The summed E-state index contributed by atoms with van der Waals surface area (Å²) >= 11 is 7.65. The van der Waals surface area contributed by atoms with Gasteiger partial charge in [-0.2, -0.15) is 4.98 Å². The van der Waals surface area contributed by atoms with Crippen LogP contribution in [0.3, 0.4) is 0 Å². The molecular weight excluding hydrogens is 306 g/mol. The van der Waals surface area contributed by atoms with E-state index in [1.54, 1.807) is 11.8 Å². The molecule has 4 nitrogen and oxygen atoms in total. The Morgan fingerprint density at radius 2 is 2.38 bits per heavy atom. The van der Waals surface area contributed by atoms with Gasteiger partial charge in [0.15, 0.2) is 5.82 Å². The summed E-state index contributed by atoms with van der Waals surface area (Å²) in [5, 5.41) is 8.26. The Labute approximate surface area is 133 Å². The van der Waals surface area contributed by atoms with Crippen molar-refractivity contribution in [1.82, 2.24) is 15.5 Å². The molecule has 2 heterocycles. The van der Waals surface area contributed by atoms with E-state index in [2.05, 4.69) is 22.4 Å². The molecule has 0 bridgehead atoms. The molecule has 0 amide bonds. The Bertz CT molecular complexity index is 610. The molecule has 0 radical (unpaired) electrons. The fourth-order valence-electron chi connectivity index (χ4n) is 2.61. The van der Waals surface area contributed by atoms with Crippen LogP contribution in [-0.4, -0.2) is 23.2 Å². The van der Waals surface area contributed by atoms with Gasteiger partial charge in [0.2, 0.25) is 5.89 Å². The monoisotopic (exact) mass is 323 g/mol. The van der Waals surface area contributed by atoms with Gasteiger partial charge in [-0.15, -0.1) is 11.8 Å². The fraction of sp³-hybridized carbons (Fsp3) is 0.467. The summed E-state index contributed by atoms with van der Waals surface area (Å²) < 4.78 is 5.51. The van der Waals surface area contributed by atoms with Crippen LogP contribution in [0, 0.1) is 0 Å². The van der Waals surface area contributed by atoms with Gasteiger partial charge in [-0.25, -0.2) is 0 Å². The van der Waals surface area contributed by atoms with Crippen molar-refractivity contribution in [3.8, 4) is 0 Å². The minimum Gasteiger partial charge on any atom is -0.339 e. The second kappa shape index (κ2) is 6.38. The number of thioether (sulfide) groups is 1. The van der Waals surface area contributed by atoms with Crippen molar-refractivity contribution in [3.05, 3.63) is 41.0 Å².